The fourth-order valence-corrected chi connectivity index (χ4v) is 2.60. The van der Waals surface area contributed by atoms with Crippen molar-refractivity contribution < 1.29 is 14.3 Å². The summed E-state index contributed by atoms with van der Waals surface area (Å²) in [5.41, 5.74) is 2.03. The zero-order valence-electron chi connectivity index (χ0n) is 13.7. The molecule has 0 radical (unpaired) electrons. The maximum atomic E-state index is 13.7. The van der Waals surface area contributed by atoms with E-state index in [1.54, 1.807) is 33.0 Å². The number of likely N-dealkylation sites (N-methyl/N-ethyl adjacent to an activating group) is 1. The van der Waals surface area contributed by atoms with Crippen molar-refractivity contribution in [3.8, 4) is 0 Å². The molecule has 4 nitrogen and oxygen atoms in total. The van der Waals surface area contributed by atoms with E-state index in [-0.39, 0.29) is 17.9 Å². The summed E-state index contributed by atoms with van der Waals surface area (Å²) in [5.74, 6) is 0.141. The van der Waals surface area contributed by atoms with Gasteiger partial charge in [-0.2, -0.15) is 0 Å². The third-order valence-electron chi connectivity index (χ3n) is 4.27. The summed E-state index contributed by atoms with van der Waals surface area (Å²) in [6.45, 7) is 5.65. The van der Waals surface area contributed by atoms with Crippen LogP contribution in [0, 0.1) is 25.6 Å². The summed E-state index contributed by atoms with van der Waals surface area (Å²) in [5, 5.41) is 12.8. The van der Waals surface area contributed by atoms with Gasteiger partial charge in [0.1, 0.15) is 5.82 Å². The average molecular weight is 308 g/mol. The van der Waals surface area contributed by atoms with E-state index in [1.165, 1.54) is 4.90 Å². The minimum Gasteiger partial charge on any atom is -0.391 e. The summed E-state index contributed by atoms with van der Waals surface area (Å²) >= 11 is 0. The Kier molecular flexibility index (Phi) is 5.06. The fourth-order valence-electron chi connectivity index (χ4n) is 2.60. The number of carbonyl (C=O) groups excluding carboxylic acids is 1. The quantitative estimate of drug-likeness (QED) is 0.879. The van der Waals surface area contributed by atoms with Gasteiger partial charge in [-0.05, 0) is 56.2 Å². The number of hydrogen-bond acceptors (Lipinski definition) is 2. The van der Waals surface area contributed by atoms with Crippen LogP contribution in [0.15, 0.2) is 12.1 Å². The summed E-state index contributed by atoms with van der Waals surface area (Å²) in [7, 11) is 1.68. The first kappa shape index (κ1) is 16.7. The Bertz CT molecular complexity index is 535. The predicted octanol–water partition coefficient (Wildman–Crippen LogP) is 2.92. The highest BCUT2D eigenvalue weighted by Gasteiger charge is 2.31. The van der Waals surface area contributed by atoms with Gasteiger partial charge >= 0.3 is 6.03 Å². The molecule has 0 saturated heterocycles. The molecule has 1 aliphatic rings. The standard InChI is InChI=1S/C17H25FN2O2/c1-10-7-14(8-11(2)16(10)18)12(3)19-17(22)20(4)9-15(21)13-5-6-13/h7-8,12-13,15,21H,5-6,9H2,1-4H3,(H,19,22)/t12-,15-/m1/s1. The van der Waals surface area contributed by atoms with E-state index < -0.39 is 6.10 Å². The van der Waals surface area contributed by atoms with Crippen LogP contribution in [0.25, 0.3) is 0 Å². The molecule has 0 unspecified atom stereocenters. The van der Waals surface area contributed by atoms with Gasteiger partial charge in [-0.25, -0.2) is 9.18 Å². The van der Waals surface area contributed by atoms with Crippen molar-refractivity contribution in [1.82, 2.24) is 10.2 Å². The Morgan fingerprint density at radius 2 is 1.95 bits per heavy atom. The third kappa shape index (κ3) is 3.97. The van der Waals surface area contributed by atoms with Crippen molar-refractivity contribution in [3.63, 3.8) is 0 Å². The van der Waals surface area contributed by atoms with E-state index in [2.05, 4.69) is 5.32 Å². The molecule has 1 aliphatic carbocycles. The van der Waals surface area contributed by atoms with Crippen LogP contribution in [0.4, 0.5) is 9.18 Å². The maximum absolute atomic E-state index is 13.7. The maximum Gasteiger partial charge on any atom is 0.317 e. The van der Waals surface area contributed by atoms with E-state index in [9.17, 15) is 14.3 Å². The SMILES string of the molecule is Cc1cc([C@@H](C)NC(=O)N(C)C[C@@H](O)C2CC2)cc(C)c1F. The minimum absolute atomic E-state index is 0.202. The van der Waals surface area contributed by atoms with E-state index >= 15 is 0 Å². The van der Waals surface area contributed by atoms with Crippen LogP contribution in [-0.4, -0.2) is 35.7 Å². The molecule has 0 spiro atoms. The molecule has 2 rings (SSSR count). The monoisotopic (exact) mass is 308 g/mol. The van der Waals surface area contributed by atoms with E-state index in [1.807, 2.05) is 6.92 Å². The number of halogens is 1. The van der Waals surface area contributed by atoms with Gasteiger partial charge in [0.2, 0.25) is 0 Å². The first-order valence-electron chi connectivity index (χ1n) is 7.76. The molecular weight excluding hydrogens is 283 g/mol. The normalized spacial score (nSPS) is 17.0. The second-order valence-corrected chi connectivity index (χ2v) is 6.43. The van der Waals surface area contributed by atoms with Gasteiger partial charge in [0.05, 0.1) is 12.1 Å². The largest absolute Gasteiger partial charge is 0.391 e. The Hall–Kier alpha value is -1.62. The van der Waals surface area contributed by atoms with E-state index in [4.69, 9.17) is 0 Å². The number of hydrogen-bond donors (Lipinski definition) is 2. The minimum atomic E-state index is -0.443. The van der Waals surface area contributed by atoms with Crippen molar-refractivity contribution in [1.29, 1.82) is 0 Å². The smallest absolute Gasteiger partial charge is 0.317 e. The van der Waals surface area contributed by atoms with Crippen molar-refractivity contribution in [2.24, 2.45) is 5.92 Å². The highest BCUT2D eigenvalue weighted by molar-refractivity contribution is 5.74. The Balaban J connectivity index is 1.95. The van der Waals surface area contributed by atoms with Gasteiger partial charge in [-0.15, -0.1) is 0 Å². The van der Waals surface area contributed by atoms with Gasteiger partial charge in [0.15, 0.2) is 0 Å². The topological polar surface area (TPSA) is 52.6 Å². The molecule has 2 atom stereocenters. The Morgan fingerprint density at radius 3 is 2.45 bits per heavy atom. The number of aryl methyl sites for hydroxylation is 2. The highest BCUT2D eigenvalue weighted by Crippen LogP contribution is 2.32. The molecule has 0 aromatic heterocycles. The van der Waals surface area contributed by atoms with Crippen LogP contribution in [0.3, 0.4) is 0 Å². The van der Waals surface area contributed by atoms with Gasteiger partial charge in [-0.3, -0.25) is 0 Å². The molecule has 0 bridgehead atoms. The van der Waals surface area contributed by atoms with Crippen LogP contribution in [0.1, 0.15) is 42.5 Å². The van der Waals surface area contributed by atoms with Crippen molar-refractivity contribution in [2.75, 3.05) is 13.6 Å². The first-order chi connectivity index (χ1) is 10.3. The van der Waals surface area contributed by atoms with Gasteiger partial charge in [-0.1, -0.05) is 12.1 Å². The Labute approximate surface area is 131 Å². The number of nitrogens with zero attached hydrogens (tertiary/aromatic N) is 1. The average Bonchev–Trinajstić information content (AvgIpc) is 3.28. The van der Waals surface area contributed by atoms with Crippen LogP contribution in [-0.2, 0) is 0 Å². The third-order valence-corrected chi connectivity index (χ3v) is 4.27. The molecule has 1 fully saturated rings. The van der Waals surface area contributed by atoms with Gasteiger partial charge in [0, 0.05) is 13.6 Å². The lowest BCUT2D eigenvalue weighted by Crippen LogP contribution is -2.42. The molecule has 0 aliphatic heterocycles. The molecular formula is C17H25FN2O2. The number of amides is 2. The number of aliphatic hydroxyl groups is 1. The molecule has 5 heteroatoms. The molecule has 2 N–H and O–H groups in total. The lowest BCUT2D eigenvalue weighted by Gasteiger charge is -2.24. The zero-order valence-corrected chi connectivity index (χ0v) is 13.7. The predicted molar refractivity (Wildman–Crippen MR) is 84.2 cm³/mol. The van der Waals surface area contributed by atoms with Crippen LogP contribution in [0.2, 0.25) is 0 Å². The van der Waals surface area contributed by atoms with Crippen molar-refractivity contribution in [3.05, 3.63) is 34.6 Å². The zero-order chi connectivity index (χ0) is 16.4. The van der Waals surface area contributed by atoms with Crippen LogP contribution in [0.5, 0.6) is 0 Å². The summed E-state index contributed by atoms with van der Waals surface area (Å²) in [4.78, 5) is 13.7. The molecule has 2 amide bonds. The lowest BCUT2D eigenvalue weighted by molar-refractivity contribution is 0.113. The molecule has 1 saturated carbocycles. The fraction of sp³-hybridized carbons (Fsp3) is 0.588. The number of rotatable bonds is 5. The van der Waals surface area contributed by atoms with Gasteiger partial charge < -0.3 is 15.3 Å². The van der Waals surface area contributed by atoms with E-state index in [0.29, 0.717) is 23.6 Å². The molecule has 0 heterocycles. The van der Waals surface area contributed by atoms with Crippen molar-refractivity contribution in [2.45, 2.75) is 45.8 Å². The number of carbonyl (C=O) groups is 1. The highest BCUT2D eigenvalue weighted by atomic mass is 19.1. The van der Waals surface area contributed by atoms with Gasteiger partial charge in [0.25, 0.3) is 0 Å². The Morgan fingerprint density at radius 1 is 1.41 bits per heavy atom. The first-order valence-corrected chi connectivity index (χ1v) is 7.76. The second-order valence-electron chi connectivity index (χ2n) is 6.43. The summed E-state index contributed by atoms with van der Waals surface area (Å²) in [6.07, 6.45) is 1.64. The van der Waals surface area contributed by atoms with Crippen LogP contribution >= 0.6 is 0 Å². The number of nitrogens with one attached hydrogen (secondary N) is 1. The second kappa shape index (κ2) is 6.65. The summed E-state index contributed by atoms with van der Waals surface area (Å²) in [6, 6.07) is 3.07. The van der Waals surface area contributed by atoms with E-state index in [0.717, 1.165) is 18.4 Å². The number of aliphatic hydroxyl groups excluding tert-OH is 1. The van der Waals surface area contributed by atoms with Crippen molar-refractivity contribution >= 4 is 6.03 Å². The number of benzene rings is 1. The molecule has 22 heavy (non-hydrogen) atoms. The lowest BCUT2D eigenvalue weighted by atomic mass is 10.0. The number of urea groups is 1. The molecule has 1 aromatic carbocycles. The van der Waals surface area contributed by atoms with Crippen LogP contribution < -0.4 is 5.32 Å². The molecule has 1 aromatic rings. The summed E-state index contributed by atoms with van der Waals surface area (Å²) < 4.78 is 13.7. The molecule has 122 valence electrons.